The number of hydrogen-bond donors (Lipinski definition) is 1. The smallest absolute Gasteiger partial charge is 0.0718 e. The van der Waals surface area contributed by atoms with Gasteiger partial charge in [-0.25, -0.2) is 0 Å². The number of aromatic nitrogens is 1. The lowest BCUT2D eigenvalue weighted by Crippen LogP contribution is -2.36. The number of rotatable bonds is 2. The van der Waals surface area contributed by atoms with Gasteiger partial charge in [-0.05, 0) is 18.1 Å². The van der Waals surface area contributed by atoms with E-state index in [1.54, 1.807) is 0 Å². The maximum atomic E-state index is 5.64. The summed E-state index contributed by atoms with van der Waals surface area (Å²) >= 11 is 0. The van der Waals surface area contributed by atoms with Crippen molar-refractivity contribution in [3.8, 4) is 0 Å². The van der Waals surface area contributed by atoms with E-state index in [1.807, 2.05) is 0 Å². The molecule has 0 aliphatic carbocycles. The highest BCUT2D eigenvalue weighted by Crippen LogP contribution is 2.29. The molecule has 0 amide bonds. The van der Waals surface area contributed by atoms with Crippen LogP contribution in [0, 0.1) is 0 Å². The molecule has 4 heteroatoms. The van der Waals surface area contributed by atoms with E-state index in [0.29, 0.717) is 12.1 Å². The Labute approximate surface area is 107 Å². The third-order valence-corrected chi connectivity index (χ3v) is 4.36. The first-order valence-electron chi connectivity index (χ1n) is 6.92. The SMILES string of the molecule is c1cc2c(nc1CN1CC3CC1CO3)CCNC2. The topological polar surface area (TPSA) is 37.4 Å². The predicted octanol–water partition coefficient (Wildman–Crippen LogP) is 0.700. The van der Waals surface area contributed by atoms with Crippen molar-refractivity contribution in [1.29, 1.82) is 0 Å². The van der Waals surface area contributed by atoms with Crippen LogP contribution in [-0.2, 0) is 24.2 Å². The standard InChI is InChI=1S/C14H19N3O/c1-2-11(16-14-3-4-15-6-10(1)14)7-17-8-13-5-12(17)9-18-13/h1-2,12-13,15H,3-9H2. The summed E-state index contributed by atoms with van der Waals surface area (Å²) in [7, 11) is 0. The second-order valence-electron chi connectivity index (χ2n) is 5.61. The number of morpholine rings is 1. The molecule has 1 aromatic rings. The fourth-order valence-corrected chi connectivity index (χ4v) is 3.35. The summed E-state index contributed by atoms with van der Waals surface area (Å²) in [6, 6.07) is 5.07. The molecule has 3 aliphatic heterocycles. The normalized spacial score (nSPS) is 30.7. The van der Waals surface area contributed by atoms with Crippen molar-refractivity contribution in [3.05, 3.63) is 29.1 Å². The summed E-state index contributed by atoms with van der Waals surface area (Å²) < 4.78 is 5.64. The Balaban J connectivity index is 1.51. The van der Waals surface area contributed by atoms with E-state index in [1.165, 1.54) is 23.4 Å². The Morgan fingerprint density at radius 1 is 1.44 bits per heavy atom. The molecule has 2 saturated heterocycles. The van der Waals surface area contributed by atoms with E-state index in [-0.39, 0.29) is 0 Å². The largest absolute Gasteiger partial charge is 0.375 e. The van der Waals surface area contributed by atoms with Crippen LogP contribution in [0.5, 0.6) is 0 Å². The third-order valence-electron chi connectivity index (χ3n) is 4.36. The van der Waals surface area contributed by atoms with Crippen LogP contribution in [-0.4, -0.2) is 41.7 Å². The zero-order chi connectivity index (χ0) is 11.9. The number of pyridine rings is 1. The highest BCUT2D eigenvalue weighted by molar-refractivity contribution is 5.25. The summed E-state index contributed by atoms with van der Waals surface area (Å²) in [5.41, 5.74) is 3.89. The van der Waals surface area contributed by atoms with Gasteiger partial charge in [0.25, 0.3) is 0 Å². The van der Waals surface area contributed by atoms with Gasteiger partial charge in [0.2, 0.25) is 0 Å². The first-order valence-corrected chi connectivity index (χ1v) is 6.92. The third kappa shape index (κ3) is 1.85. The van der Waals surface area contributed by atoms with E-state index in [4.69, 9.17) is 9.72 Å². The van der Waals surface area contributed by atoms with Gasteiger partial charge in [-0.15, -0.1) is 0 Å². The fraction of sp³-hybridized carbons (Fsp3) is 0.643. The lowest BCUT2D eigenvalue weighted by atomic mass is 10.1. The highest BCUT2D eigenvalue weighted by Gasteiger charge is 2.38. The molecular formula is C14H19N3O. The number of nitrogens with one attached hydrogen (secondary N) is 1. The van der Waals surface area contributed by atoms with Gasteiger partial charge < -0.3 is 10.1 Å². The Kier molecular flexibility index (Phi) is 2.60. The molecule has 3 aliphatic rings. The van der Waals surface area contributed by atoms with Gasteiger partial charge in [0.1, 0.15) is 0 Å². The Hall–Kier alpha value is -0.970. The minimum atomic E-state index is 0.483. The Bertz CT molecular complexity index is 462. The van der Waals surface area contributed by atoms with E-state index in [9.17, 15) is 0 Å². The van der Waals surface area contributed by atoms with Crippen LogP contribution >= 0.6 is 0 Å². The summed E-state index contributed by atoms with van der Waals surface area (Å²) in [6.45, 7) is 5.03. The van der Waals surface area contributed by atoms with E-state index < -0.39 is 0 Å². The van der Waals surface area contributed by atoms with Crippen molar-refractivity contribution in [2.75, 3.05) is 19.7 Å². The molecule has 0 spiro atoms. The van der Waals surface area contributed by atoms with Gasteiger partial charge in [0.05, 0.1) is 18.4 Å². The molecule has 4 rings (SSSR count). The maximum absolute atomic E-state index is 5.64. The average Bonchev–Trinajstić information content (AvgIpc) is 3.01. The van der Waals surface area contributed by atoms with Gasteiger partial charge >= 0.3 is 0 Å². The molecule has 0 saturated carbocycles. The molecule has 0 radical (unpaired) electrons. The zero-order valence-electron chi connectivity index (χ0n) is 10.6. The van der Waals surface area contributed by atoms with Crippen molar-refractivity contribution in [2.24, 2.45) is 0 Å². The van der Waals surface area contributed by atoms with Gasteiger partial charge in [-0.3, -0.25) is 9.88 Å². The monoisotopic (exact) mass is 245 g/mol. The van der Waals surface area contributed by atoms with Gasteiger partial charge in [0, 0.05) is 44.3 Å². The van der Waals surface area contributed by atoms with Crippen molar-refractivity contribution >= 4 is 0 Å². The van der Waals surface area contributed by atoms with Crippen LogP contribution in [0.3, 0.4) is 0 Å². The maximum Gasteiger partial charge on any atom is 0.0718 e. The van der Waals surface area contributed by atoms with Crippen LogP contribution in [0.4, 0.5) is 0 Å². The molecular weight excluding hydrogens is 226 g/mol. The summed E-state index contributed by atoms with van der Waals surface area (Å²) in [4.78, 5) is 7.37. The predicted molar refractivity (Wildman–Crippen MR) is 68.2 cm³/mol. The Morgan fingerprint density at radius 3 is 3.28 bits per heavy atom. The Morgan fingerprint density at radius 2 is 2.44 bits per heavy atom. The number of likely N-dealkylation sites (tertiary alicyclic amines) is 1. The van der Waals surface area contributed by atoms with Gasteiger partial charge in [-0.2, -0.15) is 0 Å². The lowest BCUT2D eigenvalue weighted by Gasteiger charge is -2.26. The summed E-state index contributed by atoms with van der Waals surface area (Å²) in [5.74, 6) is 0. The van der Waals surface area contributed by atoms with Crippen molar-refractivity contribution in [3.63, 3.8) is 0 Å². The molecule has 2 atom stereocenters. The first-order chi connectivity index (χ1) is 8.88. The molecule has 96 valence electrons. The zero-order valence-corrected chi connectivity index (χ0v) is 10.6. The van der Waals surface area contributed by atoms with Crippen molar-refractivity contribution < 1.29 is 4.74 Å². The summed E-state index contributed by atoms with van der Waals surface area (Å²) in [5, 5.41) is 3.39. The average molecular weight is 245 g/mol. The van der Waals surface area contributed by atoms with Crippen LogP contribution < -0.4 is 5.32 Å². The lowest BCUT2D eigenvalue weighted by molar-refractivity contribution is 0.0268. The molecule has 1 N–H and O–H groups in total. The molecule has 4 nitrogen and oxygen atoms in total. The minimum absolute atomic E-state index is 0.483. The van der Waals surface area contributed by atoms with Crippen LogP contribution in [0.15, 0.2) is 12.1 Å². The highest BCUT2D eigenvalue weighted by atomic mass is 16.5. The molecule has 0 aromatic carbocycles. The number of fused-ring (bicyclic) bond motifs is 3. The fourth-order valence-electron chi connectivity index (χ4n) is 3.35. The van der Waals surface area contributed by atoms with E-state index >= 15 is 0 Å². The van der Waals surface area contributed by atoms with Crippen LogP contribution in [0.1, 0.15) is 23.4 Å². The second-order valence-corrected chi connectivity index (χ2v) is 5.61. The molecule has 2 bridgehead atoms. The van der Waals surface area contributed by atoms with E-state index in [0.717, 1.165) is 39.2 Å². The van der Waals surface area contributed by atoms with E-state index in [2.05, 4.69) is 22.3 Å². The minimum Gasteiger partial charge on any atom is -0.375 e. The molecule has 18 heavy (non-hydrogen) atoms. The van der Waals surface area contributed by atoms with Crippen LogP contribution in [0.25, 0.3) is 0 Å². The molecule has 2 unspecified atom stereocenters. The van der Waals surface area contributed by atoms with Crippen LogP contribution in [0.2, 0.25) is 0 Å². The van der Waals surface area contributed by atoms with Crippen molar-refractivity contribution in [2.45, 2.75) is 38.1 Å². The van der Waals surface area contributed by atoms with Gasteiger partial charge in [-0.1, -0.05) is 6.07 Å². The van der Waals surface area contributed by atoms with Gasteiger partial charge in [0.15, 0.2) is 0 Å². The van der Waals surface area contributed by atoms with Crippen molar-refractivity contribution in [1.82, 2.24) is 15.2 Å². The molecule has 2 fully saturated rings. The first kappa shape index (κ1) is 10.9. The quantitative estimate of drug-likeness (QED) is 0.832. The molecule has 1 aromatic heterocycles. The molecule has 4 heterocycles. The number of ether oxygens (including phenoxy) is 1. The summed E-state index contributed by atoms with van der Waals surface area (Å²) in [6.07, 6.45) is 2.77. The number of nitrogens with zero attached hydrogens (tertiary/aromatic N) is 2. The number of hydrogen-bond acceptors (Lipinski definition) is 4. The second kappa shape index (κ2) is 4.30.